The number of hydrogen-bond donors (Lipinski definition) is 1. The number of methoxy groups -OCH3 is 1. The summed E-state index contributed by atoms with van der Waals surface area (Å²) >= 11 is 0. The summed E-state index contributed by atoms with van der Waals surface area (Å²) in [6.45, 7) is 7.51. The quantitative estimate of drug-likeness (QED) is 0.506. The van der Waals surface area contributed by atoms with E-state index >= 15 is 0 Å². The summed E-state index contributed by atoms with van der Waals surface area (Å²) in [7, 11) is 3.93. The Hall–Kier alpha value is -0.380. The number of rotatable bonds is 6. The van der Waals surface area contributed by atoms with Gasteiger partial charge in [0.2, 0.25) is 0 Å². The number of likely N-dealkylation sites (N-methyl/N-ethyl adjacent to an activating group) is 1. The lowest BCUT2D eigenvalue weighted by Crippen LogP contribution is -2.36. The van der Waals surface area contributed by atoms with Crippen LogP contribution < -0.4 is 5.32 Å². The van der Waals surface area contributed by atoms with Gasteiger partial charge in [-0.15, -0.1) is 0 Å². The van der Waals surface area contributed by atoms with Crippen LogP contribution in [0.4, 0.5) is 0 Å². The van der Waals surface area contributed by atoms with E-state index in [-0.39, 0.29) is 0 Å². The molecule has 1 aliphatic rings. The second-order valence-corrected chi connectivity index (χ2v) is 4.07. The Morgan fingerprint density at radius 2 is 2.21 bits per heavy atom. The highest BCUT2D eigenvalue weighted by atomic mass is 16.5. The number of nitrogens with one attached hydrogen (secondary N) is 1. The first-order valence-electron chi connectivity index (χ1n) is 5.29. The molecule has 1 aliphatic heterocycles. The number of nitrogens with zero attached hydrogens (tertiary/aromatic N) is 1. The van der Waals surface area contributed by atoms with Crippen LogP contribution in [0.15, 0.2) is 11.1 Å². The van der Waals surface area contributed by atoms with Crippen molar-refractivity contribution < 1.29 is 4.74 Å². The Bertz CT molecular complexity index is 195. The van der Waals surface area contributed by atoms with Crippen LogP contribution >= 0.6 is 0 Å². The molecule has 82 valence electrons. The highest BCUT2D eigenvalue weighted by Crippen LogP contribution is 2.09. The van der Waals surface area contributed by atoms with E-state index in [1.54, 1.807) is 12.7 Å². The Morgan fingerprint density at radius 3 is 2.71 bits per heavy atom. The Morgan fingerprint density at radius 1 is 1.50 bits per heavy atom. The van der Waals surface area contributed by atoms with Crippen LogP contribution in [-0.2, 0) is 4.74 Å². The van der Waals surface area contributed by atoms with Crippen molar-refractivity contribution in [3.8, 4) is 0 Å². The van der Waals surface area contributed by atoms with E-state index in [9.17, 15) is 0 Å². The fourth-order valence-corrected chi connectivity index (χ4v) is 1.63. The van der Waals surface area contributed by atoms with E-state index in [0.29, 0.717) is 0 Å². The van der Waals surface area contributed by atoms with Gasteiger partial charge in [0.25, 0.3) is 0 Å². The third-order valence-electron chi connectivity index (χ3n) is 2.68. The number of ether oxygens (including phenoxy) is 1. The van der Waals surface area contributed by atoms with E-state index in [0.717, 1.165) is 39.2 Å². The lowest BCUT2D eigenvalue weighted by Gasteiger charge is -2.25. The standard InChI is InChI=1S/C11H22N2O/c1-10(11-7-12-8-11)9-13(2)5-4-6-14-3/h12H,4-9H2,1-3H3. The van der Waals surface area contributed by atoms with Gasteiger partial charge in [-0.25, -0.2) is 0 Å². The molecule has 1 fully saturated rings. The van der Waals surface area contributed by atoms with Gasteiger partial charge in [-0.05, 0) is 26.0 Å². The molecule has 0 amide bonds. The van der Waals surface area contributed by atoms with Crippen molar-refractivity contribution in [1.82, 2.24) is 10.2 Å². The molecule has 0 aromatic rings. The van der Waals surface area contributed by atoms with Gasteiger partial charge in [-0.3, -0.25) is 0 Å². The molecule has 0 saturated carbocycles. The summed E-state index contributed by atoms with van der Waals surface area (Å²) in [6.07, 6.45) is 1.12. The predicted molar refractivity (Wildman–Crippen MR) is 59.6 cm³/mol. The molecule has 0 atom stereocenters. The van der Waals surface area contributed by atoms with Crippen LogP contribution in [0.25, 0.3) is 0 Å². The van der Waals surface area contributed by atoms with Crippen LogP contribution in [0.3, 0.4) is 0 Å². The van der Waals surface area contributed by atoms with Crippen molar-refractivity contribution in [1.29, 1.82) is 0 Å². The maximum absolute atomic E-state index is 5.03. The summed E-state index contributed by atoms with van der Waals surface area (Å²) in [5.74, 6) is 0. The average Bonchev–Trinajstić information content (AvgIpc) is 2.00. The summed E-state index contributed by atoms with van der Waals surface area (Å²) in [6, 6.07) is 0. The highest BCUT2D eigenvalue weighted by molar-refractivity contribution is 5.22. The Labute approximate surface area is 87.1 Å². The molecule has 0 aromatic carbocycles. The molecule has 0 aromatic heterocycles. The Kier molecular flexibility index (Phi) is 5.15. The predicted octanol–water partition coefficient (Wildman–Crippen LogP) is 0.874. The minimum atomic E-state index is 0.863. The maximum atomic E-state index is 5.03. The summed E-state index contributed by atoms with van der Waals surface area (Å²) < 4.78 is 5.03. The minimum Gasteiger partial charge on any atom is -0.385 e. The number of hydrogen-bond acceptors (Lipinski definition) is 3. The van der Waals surface area contributed by atoms with Crippen molar-refractivity contribution in [3.63, 3.8) is 0 Å². The molecule has 0 bridgehead atoms. The van der Waals surface area contributed by atoms with Crippen LogP contribution in [0.1, 0.15) is 13.3 Å². The fraction of sp³-hybridized carbons (Fsp3) is 0.818. The Balaban J connectivity index is 2.15. The van der Waals surface area contributed by atoms with Crippen LogP contribution in [0.5, 0.6) is 0 Å². The van der Waals surface area contributed by atoms with Crippen molar-refractivity contribution in [2.24, 2.45) is 0 Å². The van der Waals surface area contributed by atoms with Crippen LogP contribution in [0.2, 0.25) is 0 Å². The monoisotopic (exact) mass is 198 g/mol. The second kappa shape index (κ2) is 6.17. The van der Waals surface area contributed by atoms with Gasteiger partial charge in [-0.2, -0.15) is 0 Å². The molecule has 14 heavy (non-hydrogen) atoms. The van der Waals surface area contributed by atoms with Gasteiger partial charge in [0.1, 0.15) is 0 Å². The maximum Gasteiger partial charge on any atom is 0.0474 e. The van der Waals surface area contributed by atoms with Gasteiger partial charge in [0.05, 0.1) is 0 Å². The van der Waals surface area contributed by atoms with Gasteiger partial charge < -0.3 is 15.0 Å². The molecule has 0 unspecified atom stereocenters. The van der Waals surface area contributed by atoms with Gasteiger partial charge in [-0.1, -0.05) is 5.57 Å². The first-order valence-corrected chi connectivity index (χ1v) is 5.29. The van der Waals surface area contributed by atoms with E-state index in [4.69, 9.17) is 4.74 Å². The van der Waals surface area contributed by atoms with Crippen molar-refractivity contribution >= 4 is 0 Å². The third kappa shape index (κ3) is 3.78. The van der Waals surface area contributed by atoms with Gasteiger partial charge in [0, 0.05) is 39.9 Å². The molecule has 1 saturated heterocycles. The average molecular weight is 198 g/mol. The minimum absolute atomic E-state index is 0.863. The van der Waals surface area contributed by atoms with E-state index < -0.39 is 0 Å². The zero-order valence-corrected chi connectivity index (χ0v) is 9.60. The molecule has 0 spiro atoms. The molecular weight excluding hydrogens is 176 g/mol. The molecule has 1 rings (SSSR count). The third-order valence-corrected chi connectivity index (χ3v) is 2.68. The fourth-order valence-electron chi connectivity index (χ4n) is 1.63. The summed E-state index contributed by atoms with van der Waals surface area (Å²) in [5, 5.41) is 3.27. The molecular formula is C11H22N2O. The van der Waals surface area contributed by atoms with E-state index in [2.05, 4.69) is 24.2 Å². The molecule has 1 N–H and O–H groups in total. The lowest BCUT2D eigenvalue weighted by atomic mass is 10.0. The molecule has 0 radical (unpaired) electrons. The first kappa shape index (κ1) is 11.7. The van der Waals surface area contributed by atoms with Crippen molar-refractivity contribution in [2.45, 2.75) is 13.3 Å². The van der Waals surface area contributed by atoms with E-state index in [1.165, 1.54) is 5.57 Å². The van der Waals surface area contributed by atoms with Crippen LogP contribution in [0, 0.1) is 0 Å². The van der Waals surface area contributed by atoms with Gasteiger partial charge >= 0.3 is 0 Å². The summed E-state index contributed by atoms with van der Waals surface area (Å²) in [5.41, 5.74) is 3.12. The molecule has 3 nitrogen and oxygen atoms in total. The SMILES string of the molecule is COCCCN(C)CC(C)=C1CNC1. The molecule has 0 aliphatic carbocycles. The molecule has 3 heteroatoms. The van der Waals surface area contributed by atoms with Crippen LogP contribution in [-0.4, -0.2) is 51.8 Å². The normalized spacial score (nSPS) is 15.9. The van der Waals surface area contributed by atoms with Crippen molar-refractivity contribution in [2.75, 3.05) is 46.9 Å². The van der Waals surface area contributed by atoms with Crippen molar-refractivity contribution in [3.05, 3.63) is 11.1 Å². The summed E-state index contributed by atoms with van der Waals surface area (Å²) in [4.78, 5) is 2.36. The first-order chi connectivity index (χ1) is 6.74. The topological polar surface area (TPSA) is 24.5 Å². The largest absolute Gasteiger partial charge is 0.385 e. The highest BCUT2D eigenvalue weighted by Gasteiger charge is 2.11. The zero-order chi connectivity index (χ0) is 10.4. The van der Waals surface area contributed by atoms with Gasteiger partial charge in [0.15, 0.2) is 0 Å². The molecule has 1 heterocycles. The second-order valence-electron chi connectivity index (χ2n) is 4.07. The lowest BCUT2D eigenvalue weighted by molar-refractivity contribution is 0.181. The van der Waals surface area contributed by atoms with E-state index in [1.807, 2.05) is 0 Å². The zero-order valence-electron chi connectivity index (χ0n) is 9.60. The smallest absolute Gasteiger partial charge is 0.0474 e.